The van der Waals surface area contributed by atoms with Crippen LogP contribution < -0.4 is 5.32 Å². The highest BCUT2D eigenvalue weighted by molar-refractivity contribution is 5.77. The minimum Gasteiger partial charge on any atom is -0.462 e. The highest BCUT2D eigenvalue weighted by Gasteiger charge is 2.24. The zero-order valence-electron chi connectivity index (χ0n) is 40.9. The Kier molecular flexibility index (Phi) is 48.0. The summed E-state index contributed by atoms with van der Waals surface area (Å²) in [5.74, 6) is -0.449. The summed E-state index contributed by atoms with van der Waals surface area (Å²) in [5, 5.41) is 23.8. The van der Waals surface area contributed by atoms with E-state index in [2.05, 4.69) is 26.1 Å². The number of rotatable bonds is 50. The van der Waals surface area contributed by atoms with Gasteiger partial charge >= 0.3 is 5.97 Å². The summed E-state index contributed by atoms with van der Waals surface area (Å²) >= 11 is 0. The lowest BCUT2D eigenvalue weighted by atomic mass is 10.0. The third kappa shape index (κ3) is 43.5. The van der Waals surface area contributed by atoms with E-state index in [1.165, 1.54) is 225 Å². The van der Waals surface area contributed by atoms with Gasteiger partial charge in [-0.15, -0.1) is 0 Å². The number of carbonyl (C=O) groups excluding carboxylic acids is 2. The summed E-state index contributed by atoms with van der Waals surface area (Å²) < 4.78 is 5.95. The van der Waals surface area contributed by atoms with Gasteiger partial charge in [0, 0.05) is 6.42 Å². The summed E-state index contributed by atoms with van der Waals surface area (Å²) in [7, 11) is 0. The maximum atomic E-state index is 13.2. The number of hydrogen-bond donors (Lipinski definition) is 3. The highest BCUT2D eigenvalue weighted by atomic mass is 16.5. The molecule has 0 fully saturated rings. The van der Waals surface area contributed by atoms with Gasteiger partial charge in [-0.05, 0) is 25.7 Å². The Morgan fingerprint density at radius 1 is 0.417 bits per heavy atom. The highest BCUT2D eigenvalue weighted by Crippen LogP contribution is 2.19. The molecule has 0 aromatic carbocycles. The van der Waals surface area contributed by atoms with Crippen molar-refractivity contribution in [1.29, 1.82) is 0 Å². The van der Waals surface area contributed by atoms with E-state index >= 15 is 0 Å². The zero-order valence-corrected chi connectivity index (χ0v) is 40.9. The Morgan fingerprint density at radius 2 is 0.700 bits per heavy atom. The maximum absolute atomic E-state index is 13.2. The van der Waals surface area contributed by atoms with Crippen LogP contribution in [-0.4, -0.2) is 46.9 Å². The van der Waals surface area contributed by atoms with Crippen LogP contribution in [0.5, 0.6) is 0 Å². The lowest BCUT2D eigenvalue weighted by Gasteiger charge is -2.24. The first-order chi connectivity index (χ1) is 29.5. The van der Waals surface area contributed by atoms with Crippen LogP contribution in [0.2, 0.25) is 0 Å². The van der Waals surface area contributed by atoms with E-state index in [4.69, 9.17) is 4.74 Å². The quantitative estimate of drug-likeness (QED) is 0.0419. The minimum atomic E-state index is -0.778. The Balaban J connectivity index is 4.44. The second-order valence-corrected chi connectivity index (χ2v) is 19.0. The van der Waals surface area contributed by atoms with Crippen molar-refractivity contribution in [3.05, 3.63) is 0 Å². The molecule has 0 aliphatic rings. The van der Waals surface area contributed by atoms with Crippen LogP contribution in [-0.2, 0) is 14.3 Å². The Hall–Kier alpha value is -1.14. The number of aliphatic hydroxyl groups is 2. The molecule has 3 unspecified atom stereocenters. The van der Waals surface area contributed by atoms with Gasteiger partial charge in [0.2, 0.25) is 5.91 Å². The third-order valence-electron chi connectivity index (χ3n) is 12.9. The van der Waals surface area contributed by atoms with Gasteiger partial charge in [-0.3, -0.25) is 9.59 Å². The lowest BCUT2D eigenvalue weighted by molar-refractivity contribution is -0.151. The summed E-state index contributed by atoms with van der Waals surface area (Å²) in [6.07, 6.45) is 53.1. The number of aliphatic hydroxyl groups excluding tert-OH is 2. The first-order valence-corrected chi connectivity index (χ1v) is 27.3. The van der Waals surface area contributed by atoms with E-state index in [1.54, 1.807) is 0 Å². The second kappa shape index (κ2) is 48.9. The summed E-state index contributed by atoms with van der Waals surface area (Å²) in [5.41, 5.74) is 0. The maximum Gasteiger partial charge on any atom is 0.306 e. The molecule has 0 aromatic heterocycles. The summed E-state index contributed by atoms with van der Waals surface area (Å²) in [4.78, 5) is 26.2. The van der Waals surface area contributed by atoms with Crippen LogP contribution in [0.1, 0.15) is 310 Å². The van der Waals surface area contributed by atoms with Crippen molar-refractivity contribution in [2.24, 2.45) is 0 Å². The zero-order chi connectivity index (χ0) is 43.8. The van der Waals surface area contributed by atoms with Gasteiger partial charge in [-0.1, -0.05) is 271 Å². The molecule has 0 saturated heterocycles. The van der Waals surface area contributed by atoms with E-state index in [-0.39, 0.29) is 24.9 Å². The predicted molar refractivity (Wildman–Crippen MR) is 260 cm³/mol. The van der Waals surface area contributed by atoms with Crippen LogP contribution in [0.15, 0.2) is 0 Å². The molecule has 0 aliphatic carbocycles. The van der Waals surface area contributed by atoms with Crippen LogP contribution >= 0.6 is 0 Å². The van der Waals surface area contributed by atoms with Gasteiger partial charge in [0.15, 0.2) is 0 Å². The normalized spacial score (nSPS) is 13.1. The van der Waals surface area contributed by atoms with Crippen molar-refractivity contribution in [1.82, 2.24) is 5.32 Å². The van der Waals surface area contributed by atoms with E-state index in [9.17, 15) is 19.8 Å². The first kappa shape index (κ1) is 58.9. The Labute approximate surface area is 375 Å². The van der Waals surface area contributed by atoms with Gasteiger partial charge in [0.05, 0.1) is 25.2 Å². The molecule has 60 heavy (non-hydrogen) atoms. The molecule has 0 saturated carbocycles. The molecule has 0 spiro atoms. The van der Waals surface area contributed by atoms with Crippen molar-refractivity contribution in [2.45, 2.75) is 328 Å². The number of nitrogens with one attached hydrogen (secondary N) is 1. The monoisotopic (exact) mass is 850 g/mol. The fourth-order valence-corrected chi connectivity index (χ4v) is 8.79. The topological polar surface area (TPSA) is 95.9 Å². The smallest absolute Gasteiger partial charge is 0.306 e. The van der Waals surface area contributed by atoms with Crippen LogP contribution in [0, 0.1) is 0 Å². The molecular weight excluding hydrogens is 743 g/mol. The predicted octanol–water partition coefficient (Wildman–Crippen LogP) is 16.4. The van der Waals surface area contributed by atoms with E-state index in [0.29, 0.717) is 19.3 Å². The van der Waals surface area contributed by atoms with E-state index in [1.807, 2.05) is 0 Å². The summed E-state index contributed by atoms with van der Waals surface area (Å²) in [6, 6.07) is -0.691. The van der Waals surface area contributed by atoms with Crippen molar-refractivity contribution in [2.75, 3.05) is 6.61 Å². The van der Waals surface area contributed by atoms with Gasteiger partial charge in [0.25, 0.3) is 0 Å². The number of carbonyl (C=O) groups is 2. The largest absolute Gasteiger partial charge is 0.462 e. The molecule has 0 aromatic rings. The SMILES string of the molecule is CCCCCCCCCCCCCCCCCCCCC(=O)OC(CCCCCCCCCCCCCC)CC(=O)NC(CO)C(O)CCCCCCCCCCCCC. The van der Waals surface area contributed by atoms with Gasteiger partial charge < -0.3 is 20.3 Å². The van der Waals surface area contributed by atoms with Crippen LogP contribution in [0.25, 0.3) is 0 Å². The molecule has 6 heteroatoms. The fourth-order valence-electron chi connectivity index (χ4n) is 8.79. The third-order valence-corrected chi connectivity index (χ3v) is 12.9. The first-order valence-electron chi connectivity index (χ1n) is 27.3. The summed E-state index contributed by atoms with van der Waals surface area (Å²) in [6.45, 7) is 6.51. The standard InChI is InChI=1S/C54H107NO5/c1-4-7-10-13-16-19-22-24-25-26-27-28-29-32-35-38-41-44-47-54(59)60-50(45-42-39-36-33-31-23-20-17-14-11-8-5-2)48-53(58)55-51(49-56)52(57)46-43-40-37-34-30-21-18-15-12-9-6-3/h50-52,56-57H,4-49H2,1-3H3,(H,55,58). The van der Waals surface area contributed by atoms with Crippen molar-refractivity contribution in [3.63, 3.8) is 0 Å². The molecule has 0 radical (unpaired) electrons. The number of ether oxygens (including phenoxy) is 1. The molecular formula is C54H107NO5. The van der Waals surface area contributed by atoms with Gasteiger partial charge in [-0.2, -0.15) is 0 Å². The Bertz CT molecular complexity index is 867. The fraction of sp³-hybridized carbons (Fsp3) is 0.963. The van der Waals surface area contributed by atoms with Crippen molar-refractivity contribution >= 4 is 11.9 Å². The van der Waals surface area contributed by atoms with Gasteiger partial charge in [0.1, 0.15) is 6.10 Å². The molecule has 6 nitrogen and oxygen atoms in total. The van der Waals surface area contributed by atoms with Crippen molar-refractivity contribution < 1.29 is 24.5 Å². The molecule has 1 amide bonds. The van der Waals surface area contributed by atoms with E-state index in [0.717, 1.165) is 38.5 Å². The molecule has 0 aliphatic heterocycles. The minimum absolute atomic E-state index is 0.0879. The second-order valence-electron chi connectivity index (χ2n) is 19.0. The molecule has 0 bridgehead atoms. The Morgan fingerprint density at radius 3 is 1.02 bits per heavy atom. The average molecular weight is 850 g/mol. The lowest BCUT2D eigenvalue weighted by Crippen LogP contribution is -2.46. The van der Waals surface area contributed by atoms with Crippen LogP contribution in [0.4, 0.5) is 0 Å². The molecule has 358 valence electrons. The molecule has 0 heterocycles. The van der Waals surface area contributed by atoms with Crippen molar-refractivity contribution in [3.8, 4) is 0 Å². The molecule has 3 atom stereocenters. The average Bonchev–Trinajstić information content (AvgIpc) is 3.24. The van der Waals surface area contributed by atoms with Crippen LogP contribution in [0.3, 0.4) is 0 Å². The van der Waals surface area contributed by atoms with Gasteiger partial charge in [-0.25, -0.2) is 0 Å². The van der Waals surface area contributed by atoms with E-state index < -0.39 is 18.2 Å². The molecule has 3 N–H and O–H groups in total. The number of esters is 1. The number of unbranched alkanes of at least 4 members (excludes halogenated alkanes) is 38. The number of amides is 1. The molecule has 0 rings (SSSR count). The number of hydrogen-bond acceptors (Lipinski definition) is 5.